The Kier molecular flexibility index (Phi) is 4.37. The first-order valence-electron chi connectivity index (χ1n) is 7.07. The van der Waals surface area contributed by atoms with Gasteiger partial charge in [-0.3, -0.25) is 4.79 Å². The maximum atomic E-state index is 11.9. The summed E-state index contributed by atoms with van der Waals surface area (Å²) in [5.74, 6) is 1.18. The van der Waals surface area contributed by atoms with E-state index in [1.165, 1.54) is 6.39 Å². The minimum atomic E-state index is -0.0536. The van der Waals surface area contributed by atoms with E-state index in [-0.39, 0.29) is 5.91 Å². The van der Waals surface area contributed by atoms with Crippen LogP contribution in [0, 0.1) is 6.92 Å². The maximum Gasteiger partial charge on any atom is 0.222 e. The summed E-state index contributed by atoms with van der Waals surface area (Å²) in [6.45, 7) is 2.71. The molecule has 0 bridgehead atoms. The molecule has 1 N–H and O–H groups in total. The summed E-state index contributed by atoms with van der Waals surface area (Å²) in [6, 6.07) is 7.60. The molecular formula is C14H15N7O2. The van der Waals surface area contributed by atoms with E-state index in [2.05, 4.69) is 31.0 Å². The normalized spacial score (nSPS) is 10.7. The molecule has 3 aromatic rings. The number of amides is 1. The molecule has 0 radical (unpaired) electrons. The lowest BCUT2D eigenvalue weighted by Crippen LogP contribution is -2.24. The molecule has 0 spiro atoms. The van der Waals surface area contributed by atoms with Crippen LogP contribution in [0.3, 0.4) is 0 Å². The average molecular weight is 313 g/mol. The Labute approximate surface area is 131 Å². The fourth-order valence-electron chi connectivity index (χ4n) is 2.02. The Hall–Kier alpha value is -3.10. The number of aryl methyl sites for hydroxylation is 2. The Morgan fingerprint density at radius 1 is 1.30 bits per heavy atom. The molecule has 0 aliphatic carbocycles. The number of carbonyl (C=O) groups is 1. The van der Waals surface area contributed by atoms with Gasteiger partial charge < -0.3 is 9.84 Å². The van der Waals surface area contributed by atoms with E-state index in [0.717, 1.165) is 11.1 Å². The van der Waals surface area contributed by atoms with Crippen molar-refractivity contribution in [3.8, 4) is 11.4 Å². The second kappa shape index (κ2) is 6.77. The van der Waals surface area contributed by atoms with Crippen molar-refractivity contribution in [2.24, 2.45) is 0 Å². The minimum absolute atomic E-state index is 0.0536. The van der Waals surface area contributed by atoms with Crippen LogP contribution < -0.4 is 5.32 Å². The summed E-state index contributed by atoms with van der Waals surface area (Å²) in [5, 5.41) is 17.7. The molecule has 1 amide bonds. The van der Waals surface area contributed by atoms with E-state index in [4.69, 9.17) is 4.52 Å². The molecule has 9 nitrogen and oxygen atoms in total. The zero-order chi connectivity index (χ0) is 16.1. The van der Waals surface area contributed by atoms with Gasteiger partial charge in [0.1, 0.15) is 5.82 Å². The third kappa shape index (κ3) is 3.76. The van der Waals surface area contributed by atoms with E-state index in [1.807, 2.05) is 24.3 Å². The zero-order valence-electron chi connectivity index (χ0n) is 12.5. The molecule has 9 heteroatoms. The highest BCUT2D eigenvalue weighted by Gasteiger charge is 2.06. The van der Waals surface area contributed by atoms with Gasteiger partial charge >= 0.3 is 0 Å². The van der Waals surface area contributed by atoms with Crippen molar-refractivity contribution in [1.82, 2.24) is 35.7 Å². The van der Waals surface area contributed by atoms with Gasteiger partial charge in [-0.25, -0.2) is 4.68 Å². The Balaban J connectivity index is 1.48. The second-order valence-electron chi connectivity index (χ2n) is 4.93. The minimum Gasteiger partial charge on any atom is -0.352 e. The van der Waals surface area contributed by atoms with Crippen LogP contribution in [0.5, 0.6) is 0 Å². The predicted octanol–water partition coefficient (Wildman–Crippen LogP) is 0.738. The zero-order valence-corrected chi connectivity index (χ0v) is 12.5. The van der Waals surface area contributed by atoms with Crippen molar-refractivity contribution in [3.05, 3.63) is 42.0 Å². The highest BCUT2D eigenvalue weighted by molar-refractivity contribution is 5.75. The van der Waals surface area contributed by atoms with Crippen LogP contribution in [0.25, 0.3) is 11.4 Å². The molecule has 3 rings (SSSR count). The van der Waals surface area contributed by atoms with Gasteiger partial charge in [-0.05, 0) is 22.9 Å². The summed E-state index contributed by atoms with van der Waals surface area (Å²) in [7, 11) is 0. The number of rotatable bonds is 6. The van der Waals surface area contributed by atoms with Crippen LogP contribution in [0.15, 0.2) is 35.2 Å². The maximum absolute atomic E-state index is 11.9. The fourth-order valence-corrected chi connectivity index (χ4v) is 2.02. The van der Waals surface area contributed by atoms with Gasteiger partial charge in [0.05, 0.1) is 6.54 Å². The van der Waals surface area contributed by atoms with E-state index < -0.39 is 0 Å². The molecule has 2 heterocycles. The molecule has 0 saturated carbocycles. The third-order valence-electron chi connectivity index (χ3n) is 3.32. The van der Waals surface area contributed by atoms with Gasteiger partial charge in [0, 0.05) is 18.5 Å². The molecule has 2 aromatic heterocycles. The number of nitrogens with zero attached hydrogens (tertiary/aromatic N) is 6. The van der Waals surface area contributed by atoms with Crippen LogP contribution in [-0.2, 0) is 17.9 Å². The van der Waals surface area contributed by atoms with Gasteiger partial charge in [0.15, 0.2) is 0 Å². The SMILES string of the molecule is Cc1nnnn1CCC(=O)NCc1ccc(-c2ncon2)cc1. The van der Waals surface area contributed by atoms with Crippen molar-refractivity contribution in [2.45, 2.75) is 26.4 Å². The van der Waals surface area contributed by atoms with Gasteiger partial charge in [-0.15, -0.1) is 5.10 Å². The van der Waals surface area contributed by atoms with Crippen LogP contribution in [-0.4, -0.2) is 36.3 Å². The van der Waals surface area contributed by atoms with E-state index in [0.29, 0.717) is 31.2 Å². The van der Waals surface area contributed by atoms with Crippen molar-refractivity contribution in [2.75, 3.05) is 0 Å². The molecule has 0 fully saturated rings. The first-order chi connectivity index (χ1) is 11.2. The largest absolute Gasteiger partial charge is 0.352 e. The molecule has 118 valence electrons. The second-order valence-corrected chi connectivity index (χ2v) is 4.93. The van der Waals surface area contributed by atoms with Crippen molar-refractivity contribution < 1.29 is 9.32 Å². The van der Waals surface area contributed by atoms with Gasteiger partial charge in [-0.1, -0.05) is 29.4 Å². The monoisotopic (exact) mass is 313 g/mol. The number of hydrogen-bond donors (Lipinski definition) is 1. The van der Waals surface area contributed by atoms with Crippen molar-refractivity contribution in [1.29, 1.82) is 0 Å². The number of hydrogen-bond acceptors (Lipinski definition) is 7. The first kappa shape index (κ1) is 14.8. The molecular weight excluding hydrogens is 298 g/mol. The first-order valence-corrected chi connectivity index (χ1v) is 7.07. The molecule has 0 saturated heterocycles. The highest BCUT2D eigenvalue weighted by Crippen LogP contribution is 2.14. The lowest BCUT2D eigenvalue weighted by Gasteiger charge is -2.06. The van der Waals surface area contributed by atoms with Gasteiger partial charge in [-0.2, -0.15) is 4.98 Å². The quantitative estimate of drug-likeness (QED) is 0.714. The topological polar surface area (TPSA) is 112 Å². The average Bonchev–Trinajstić information content (AvgIpc) is 3.23. The standard InChI is InChI=1S/C14H15N7O2/c1-10-17-19-20-21(10)7-6-13(22)15-8-11-2-4-12(5-3-11)14-16-9-23-18-14/h2-5,9H,6-8H2,1H3,(H,15,22). The van der Waals surface area contributed by atoms with Crippen LogP contribution in [0.4, 0.5) is 0 Å². The third-order valence-corrected chi connectivity index (χ3v) is 3.32. The lowest BCUT2D eigenvalue weighted by molar-refractivity contribution is -0.121. The molecule has 0 aliphatic rings. The number of nitrogens with one attached hydrogen (secondary N) is 1. The summed E-state index contributed by atoms with van der Waals surface area (Å²) >= 11 is 0. The summed E-state index contributed by atoms with van der Waals surface area (Å²) in [5.41, 5.74) is 1.85. The molecule has 0 atom stereocenters. The van der Waals surface area contributed by atoms with Crippen LogP contribution >= 0.6 is 0 Å². The molecule has 23 heavy (non-hydrogen) atoms. The smallest absolute Gasteiger partial charge is 0.222 e. The summed E-state index contributed by atoms with van der Waals surface area (Å²) < 4.78 is 6.31. The number of carbonyl (C=O) groups excluding carboxylic acids is 1. The number of tetrazole rings is 1. The van der Waals surface area contributed by atoms with E-state index >= 15 is 0 Å². The van der Waals surface area contributed by atoms with E-state index in [1.54, 1.807) is 11.6 Å². The number of aromatic nitrogens is 6. The highest BCUT2D eigenvalue weighted by atomic mass is 16.5. The van der Waals surface area contributed by atoms with Crippen LogP contribution in [0.1, 0.15) is 17.8 Å². The molecule has 0 aliphatic heterocycles. The number of benzene rings is 1. The predicted molar refractivity (Wildman–Crippen MR) is 78.8 cm³/mol. The lowest BCUT2D eigenvalue weighted by atomic mass is 10.1. The van der Waals surface area contributed by atoms with Gasteiger partial charge in [0.2, 0.25) is 18.1 Å². The fraction of sp³-hybridized carbons (Fsp3) is 0.286. The summed E-state index contributed by atoms with van der Waals surface area (Å²) in [4.78, 5) is 15.8. The van der Waals surface area contributed by atoms with Gasteiger partial charge in [0.25, 0.3) is 0 Å². The van der Waals surface area contributed by atoms with E-state index in [9.17, 15) is 4.79 Å². The van der Waals surface area contributed by atoms with Crippen molar-refractivity contribution in [3.63, 3.8) is 0 Å². The summed E-state index contributed by atoms with van der Waals surface area (Å²) in [6.07, 6.45) is 1.61. The van der Waals surface area contributed by atoms with Crippen LogP contribution in [0.2, 0.25) is 0 Å². The molecule has 1 aromatic carbocycles. The van der Waals surface area contributed by atoms with Crippen molar-refractivity contribution >= 4 is 5.91 Å². The Morgan fingerprint density at radius 2 is 2.13 bits per heavy atom. The Bertz CT molecular complexity index is 765. The molecule has 0 unspecified atom stereocenters. The Morgan fingerprint density at radius 3 is 2.78 bits per heavy atom.